The summed E-state index contributed by atoms with van der Waals surface area (Å²) in [5.74, 6) is -0.983. The van der Waals surface area contributed by atoms with E-state index < -0.39 is 17.2 Å². The molecule has 4 rings (SSSR count). The molecule has 2 aromatic carbocycles. The number of benzene rings is 2. The minimum atomic E-state index is -0.865. The van der Waals surface area contributed by atoms with Gasteiger partial charge in [0, 0.05) is 36.5 Å². The van der Waals surface area contributed by atoms with E-state index in [1.54, 1.807) is 19.2 Å². The quantitative estimate of drug-likeness (QED) is 0.599. The number of carboxylic acids is 1. The van der Waals surface area contributed by atoms with Crippen molar-refractivity contribution in [3.8, 4) is 5.69 Å². The van der Waals surface area contributed by atoms with Gasteiger partial charge in [0.15, 0.2) is 0 Å². The van der Waals surface area contributed by atoms with Crippen LogP contribution in [0.4, 0.5) is 0 Å². The monoisotopic (exact) mass is 465 g/mol. The molecule has 0 saturated heterocycles. The first-order valence-corrected chi connectivity index (χ1v) is 11.5. The topological polar surface area (TPSA) is 124 Å². The number of nitrogens with two attached hydrogens (primary N) is 1. The van der Waals surface area contributed by atoms with Gasteiger partial charge in [0.1, 0.15) is 0 Å². The predicted molar refractivity (Wildman–Crippen MR) is 131 cm³/mol. The molecule has 8 nitrogen and oxygen atoms in total. The van der Waals surface area contributed by atoms with E-state index in [-0.39, 0.29) is 17.7 Å². The molecule has 0 unspecified atom stereocenters. The average molecular weight is 466 g/mol. The molecule has 1 heterocycles. The number of aliphatic carboxylic acids is 1. The fourth-order valence-electron chi connectivity index (χ4n) is 4.38. The lowest BCUT2D eigenvalue weighted by molar-refractivity contribution is -0.137. The van der Waals surface area contributed by atoms with Gasteiger partial charge in [-0.05, 0) is 36.3 Å². The van der Waals surface area contributed by atoms with Gasteiger partial charge in [-0.2, -0.15) is 0 Å². The standard InChI is InChI=1S/C18H16N2O4.C8H15NO/c1-19-11-10-16(21)20(18(19)24)15-7-3-5-13-12(8-9-17(22)23)4-2-6-14(13)15;1-8(7(9)10)5-3-2-4-6-8/h2-7,10-11H,8-9H2,1H3,(H,22,23);2-6H2,1H3,(H2,9,10). The smallest absolute Gasteiger partial charge is 0.335 e. The van der Waals surface area contributed by atoms with Crippen molar-refractivity contribution < 1.29 is 14.7 Å². The molecule has 180 valence electrons. The number of nitrogens with zero attached hydrogens (tertiary/aromatic N) is 2. The van der Waals surface area contributed by atoms with Crippen molar-refractivity contribution in [3.63, 3.8) is 0 Å². The first-order chi connectivity index (χ1) is 16.1. The van der Waals surface area contributed by atoms with E-state index >= 15 is 0 Å². The second kappa shape index (κ2) is 10.5. The first kappa shape index (κ1) is 25.0. The molecule has 0 radical (unpaired) electrons. The first-order valence-electron chi connectivity index (χ1n) is 11.5. The van der Waals surface area contributed by atoms with Crippen LogP contribution in [0.5, 0.6) is 0 Å². The summed E-state index contributed by atoms with van der Waals surface area (Å²) in [7, 11) is 1.59. The Morgan fingerprint density at radius 3 is 2.26 bits per heavy atom. The van der Waals surface area contributed by atoms with Crippen LogP contribution in [-0.2, 0) is 23.1 Å². The molecule has 1 aromatic heterocycles. The minimum Gasteiger partial charge on any atom is -0.481 e. The zero-order valence-corrected chi connectivity index (χ0v) is 19.6. The molecular formula is C26H31N3O5. The van der Waals surface area contributed by atoms with E-state index in [1.165, 1.54) is 36.1 Å². The van der Waals surface area contributed by atoms with Gasteiger partial charge in [-0.15, -0.1) is 0 Å². The maximum absolute atomic E-state index is 12.4. The van der Waals surface area contributed by atoms with E-state index in [4.69, 9.17) is 10.8 Å². The highest BCUT2D eigenvalue weighted by Gasteiger charge is 2.32. The molecule has 0 atom stereocenters. The molecule has 8 heteroatoms. The van der Waals surface area contributed by atoms with E-state index in [0.29, 0.717) is 12.1 Å². The number of aryl methyl sites for hydroxylation is 2. The summed E-state index contributed by atoms with van der Waals surface area (Å²) < 4.78 is 2.47. The average Bonchev–Trinajstić information content (AvgIpc) is 2.81. The lowest BCUT2D eigenvalue weighted by Gasteiger charge is -2.29. The van der Waals surface area contributed by atoms with E-state index in [9.17, 15) is 19.2 Å². The summed E-state index contributed by atoms with van der Waals surface area (Å²) in [6, 6.07) is 12.2. The number of hydrogen-bond acceptors (Lipinski definition) is 4. The predicted octanol–water partition coefficient (Wildman–Crippen LogP) is 3.15. The van der Waals surface area contributed by atoms with Crippen molar-refractivity contribution in [2.45, 2.75) is 51.9 Å². The zero-order valence-electron chi connectivity index (χ0n) is 19.6. The number of rotatable bonds is 5. The van der Waals surface area contributed by atoms with E-state index in [1.807, 2.05) is 31.2 Å². The minimum absolute atomic E-state index is 0.0242. The van der Waals surface area contributed by atoms with Gasteiger partial charge in [-0.25, -0.2) is 9.36 Å². The molecule has 1 amide bonds. The number of aromatic nitrogens is 2. The maximum atomic E-state index is 12.4. The third-order valence-electron chi connectivity index (χ3n) is 6.54. The number of carbonyl (C=O) groups excluding carboxylic acids is 1. The Hall–Kier alpha value is -3.68. The van der Waals surface area contributed by atoms with Crippen LogP contribution in [0.3, 0.4) is 0 Å². The molecule has 3 aromatic rings. The Kier molecular flexibility index (Phi) is 7.71. The number of primary amides is 1. The normalized spacial score (nSPS) is 14.8. The van der Waals surface area contributed by atoms with E-state index in [2.05, 4.69) is 0 Å². The van der Waals surface area contributed by atoms with Gasteiger partial charge in [0.25, 0.3) is 5.56 Å². The number of fused-ring (bicyclic) bond motifs is 1. The molecule has 0 aliphatic heterocycles. The van der Waals surface area contributed by atoms with Crippen LogP contribution < -0.4 is 17.0 Å². The summed E-state index contributed by atoms with van der Waals surface area (Å²) in [5.41, 5.74) is 5.62. The highest BCUT2D eigenvalue weighted by Crippen LogP contribution is 2.35. The Balaban J connectivity index is 0.000000271. The van der Waals surface area contributed by atoms with Crippen LogP contribution in [0.25, 0.3) is 16.5 Å². The fraction of sp³-hybridized carbons (Fsp3) is 0.385. The summed E-state index contributed by atoms with van der Waals surface area (Å²) in [6.45, 7) is 1.98. The van der Waals surface area contributed by atoms with Crippen molar-refractivity contribution >= 4 is 22.6 Å². The van der Waals surface area contributed by atoms with E-state index in [0.717, 1.165) is 33.7 Å². The largest absolute Gasteiger partial charge is 0.481 e. The second-order valence-electron chi connectivity index (χ2n) is 9.05. The van der Waals surface area contributed by atoms with Gasteiger partial charge < -0.3 is 15.4 Å². The van der Waals surface area contributed by atoms with Gasteiger partial charge in [0.05, 0.1) is 5.69 Å². The molecule has 0 bridgehead atoms. The molecular weight excluding hydrogens is 434 g/mol. The summed E-state index contributed by atoms with van der Waals surface area (Å²) in [6.07, 6.45) is 7.42. The van der Waals surface area contributed by atoms with Crippen molar-refractivity contribution in [3.05, 3.63) is 75.1 Å². The van der Waals surface area contributed by atoms with Gasteiger partial charge in [0.2, 0.25) is 5.91 Å². The third-order valence-corrected chi connectivity index (χ3v) is 6.54. The maximum Gasteiger partial charge on any atom is 0.335 e. The highest BCUT2D eigenvalue weighted by molar-refractivity contribution is 5.92. The molecule has 1 aliphatic carbocycles. The Morgan fingerprint density at radius 2 is 1.65 bits per heavy atom. The van der Waals surface area contributed by atoms with Gasteiger partial charge in [-0.3, -0.25) is 14.4 Å². The lowest BCUT2D eigenvalue weighted by atomic mass is 9.75. The van der Waals surface area contributed by atoms with Crippen LogP contribution >= 0.6 is 0 Å². The molecule has 1 aliphatic rings. The summed E-state index contributed by atoms with van der Waals surface area (Å²) in [5, 5.41) is 10.5. The van der Waals surface area contributed by atoms with Crippen LogP contribution in [0.15, 0.2) is 58.3 Å². The van der Waals surface area contributed by atoms with Gasteiger partial charge in [-0.1, -0.05) is 56.5 Å². The van der Waals surface area contributed by atoms with Crippen molar-refractivity contribution in [2.24, 2.45) is 18.2 Å². The number of hydrogen-bond donors (Lipinski definition) is 2. The molecule has 3 N–H and O–H groups in total. The molecule has 0 spiro atoms. The number of carboxylic acid groups (broad SMARTS) is 1. The molecule has 1 fully saturated rings. The van der Waals surface area contributed by atoms with Crippen LogP contribution in [-0.4, -0.2) is 26.1 Å². The summed E-state index contributed by atoms with van der Waals surface area (Å²) >= 11 is 0. The molecule has 34 heavy (non-hydrogen) atoms. The fourth-order valence-corrected chi connectivity index (χ4v) is 4.38. The highest BCUT2D eigenvalue weighted by atomic mass is 16.4. The van der Waals surface area contributed by atoms with Crippen LogP contribution in [0.2, 0.25) is 0 Å². The third kappa shape index (κ3) is 5.44. The number of amides is 1. The lowest BCUT2D eigenvalue weighted by Crippen LogP contribution is -2.36. The van der Waals surface area contributed by atoms with Crippen molar-refractivity contribution in [1.82, 2.24) is 9.13 Å². The zero-order chi connectivity index (χ0) is 24.9. The summed E-state index contributed by atoms with van der Waals surface area (Å²) in [4.78, 5) is 46.3. The molecule has 1 saturated carbocycles. The van der Waals surface area contributed by atoms with Crippen LogP contribution in [0.1, 0.15) is 51.0 Å². The van der Waals surface area contributed by atoms with Gasteiger partial charge >= 0.3 is 11.7 Å². The van der Waals surface area contributed by atoms with Crippen LogP contribution in [0, 0.1) is 5.41 Å². The second-order valence-corrected chi connectivity index (χ2v) is 9.05. The Bertz CT molecular complexity index is 1320. The number of carbonyl (C=O) groups is 2. The SMILES string of the molecule is CC1(C(N)=O)CCCCC1.Cn1ccc(=O)n(-c2cccc3c(CCC(=O)O)cccc23)c1=O. The Labute approximate surface area is 197 Å². The Morgan fingerprint density at radius 1 is 1.00 bits per heavy atom. The van der Waals surface area contributed by atoms with Crippen molar-refractivity contribution in [2.75, 3.05) is 0 Å². The van der Waals surface area contributed by atoms with Crippen molar-refractivity contribution in [1.29, 1.82) is 0 Å².